The van der Waals surface area contributed by atoms with Gasteiger partial charge in [0, 0.05) is 18.0 Å². The van der Waals surface area contributed by atoms with Crippen molar-refractivity contribution in [2.24, 2.45) is 5.92 Å². The van der Waals surface area contributed by atoms with Gasteiger partial charge in [0.15, 0.2) is 0 Å². The van der Waals surface area contributed by atoms with Crippen molar-refractivity contribution in [3.63, 3.8) is 0 Å². The van der Waals surface area contributed by atoms with Gasteiger partial charge in [-0.1, -0.05) is 25.3 Å². The van der Waals surface area contributed by atoms with E-state index in [4.69, 9.17) is 4.74 Å². The molecule has 7 heteroatoms. The summed E-state index contributed by atoms with van der Waals surface area (Å²) in [6.45, 7) is 1.96. The summed E-state index contributed by atoms with van der Waals surface area (Å²) in [6, 6.07) is 5.83. The molecule has 0 aromatic heterocycles. The van der Waals surface area contributed by atoms with Gasteiger partial charge in [0.1, 0.15) is 11.3 Å². The van der Waals surface area contributed by atoms with Gasteiger partial charge in [-0.25, -0.2) is 4.79 Å². The zero-order chi connectivity index (χ0) is 22.8. The number of rotatable bonds is 3. The first-order valence-corrected chi connectivity index (χ1v) is 12.7. The number of imide groups is 1. The minimum atomic E-state index is -0.947. The zero-order valence-electron chi connectivity index (χ0n) is 19.5. The van der Waals surface area contributed by atoms with E-state index in [1.54, 1.807) is 7.11 Å². The Balaban J connectivity index is 1.43. The van der Waals surface area contributed by atoms with Gasteiger partial charge in [0.05, 0.1) is 12.7 Å². The number of likely N-dealkylation sites (tertiary alicyclic amines) is 1. The molecule has 4 fully saturated rings. The van der Waals surface area contributed by atoms with Gasteiger partial charge >= 0.3 is 6.03 Å². The minimum Gasteiger partial charge on any atom is -0.497 e. The molecule has 178 valence electrons. The maximum atomic E-state index is 12.9. The van der Waals surface area contributed by atoms with Crippen molar-refractivity contribution in [2.75, 3.05) is 20.2 Å². The summed E-state index contributed by atoms with van der Waals surface area (Å²) in [5.41, 5.74) is -0.128. The molecule has 1 aromatic rings. The van der Waals surface area contributed by atoms with Crippen LogP contribution >= 0.6 is 0 Å². The summed E-state index contributed by atoms with van der Waals surface area (Å²) >= 11 is 0. The number of benzene rings is 1. The molecule has 2 aliphatic heterocycles. The summed E-state index contributed by atoms with van der Waals surface area (Å²) in [5.74, 6) is 1.23. The number of hydrogen-bond acceptors (Lipinski definition) is 5. The molecule has 1 aromatic carbocycles. The van der Waals surface area contributed by atoms with Crippen LogP contribution < -0.4 is 15.4 Å². The number of nitrogens with zero attached hydrogens (tertiary/aromatic N) is 1. The molecular weight excluding hydrogens is 418 g/mol. The third-order valence-corrected chi connectivity index (χ3v) is 9.66. The van der Waals surface area contributed by atoms with Gasteiger partial charge in [-0.2, -0.15) is 0 Å². The van der Waals surface area contributed by atoms with E-state index in [-0.39, 0.29) is 11.9 Å². The van der Waals surface area contributed by atoms with E-state index in [1.807, 2.05) is 6.07 Å². The predicted molar refractivity (Wildman–Crippen MR) is 123 cm³/mol. The summed E-state index contributed by atoms with van der Waals surface area (Å²) < 4.78 is 5.56. The molecule has 1 spiro atoms. The first-order valence-electron chi connectivity index (χ1n) is 12.7. The van der Waals surface area contributed by atoms with Gasteiger partial charge < -0.3 is 15.2 Å². The topological polar surface area (TPSA) is 90.9 Å². The van der Waals surface area contributed by atoms with Gasteiger partial charge in [-0.05, 0) is 80.7 Å². The first kappa shape index (κ1) is 21.4. The smallest absolute Gasteiger partial charge is 0.322 e. The van der Waals surface area contributed by atoms with E-state index < -0.39 is 22.6 Å². The van der Waals surface area contributed by atoms with Crippen molar-refractivity contribution in [2.45, 2.75) is 86.8 Å². The average molecular weight is 454 g/mol. The Morgan fingerprint density at radius 1 is 1.15 bits per heavy atom. The van der Waals surface area contributed by atoms with E-state index in [1.165, 1.54) is 37.7 Å². The van der Waals surface area contributed by atoms with Crippen molar-refractivity contribution >= 4 is 11.9 Å². The molecule has 0 radical (unpaired) electrons. The Morgan fingerprint density at radius 2 is 1.97 bits per heavy atom. The largest absolute Gasteiger partial charge is 0.497 e. The normalized spacial score (nSPS) is 38.4. The van der Waals surface area contributed by atoms with Crippen molar-refractivity contribution in [3.8, 4) is 5.75 Å². The Morgan fingerprint density at radius 3 is 2.70 bits per heavy atom. The van der Waals surface area contributed by atoms with E-state index in [0.717, 1.165) is 37.2 Å². The van der Waals surface area contributed by atoms with E-state index in [9.17, 15) is 14.7 Å². The molecule has 3 amide bonds. The van der Waals surface area contributed by atoms with Crippen LogP contribution in [-0.4, -0.2) is 59.3 Å². The Labute approximate surface area is 195 Å². The number of fused-ring (bicyclic) bond motifs is 1. The molecule has 2 saturated carbocycles. The van der Waals surface area contributed by atoms with E-state index in [0.29, 0.717) is 25.2 Å². The number of aliphatic hydroxyl groups is 1. The number of amides is 3. The number of carbonyl (C=O) groups is 2. The fourth-order valence-corrected chi connectivity index (χ4v) is 8.01. The molecule has 4 atom stereocenters. The number of urea groups is 1. The second kappa shape index (κ2) is 7.44. The molecule has 2 saturated heterocycles. The molecule has 33 heavy (non-hydrogen) atoms. The number of methoxy groups -OCH3 is 1. The highest BCUT2D eigenvalue weighted by atomic mass is 16.5. The Bertz CT molecular complexity index is 992. The zero-order valence-corrected chi connectivity index (χ0v) is 19.5. The van der Waals surface area contributed by atoms with Crippen LogP contribution in [0.3, 0.4) is 0 Å². The van der Waals surface area contributed by atoms with Crippen LogP contribution in [0.4, 0.5) is 4.79 Å². The second-order valence-corrected chi connectivity index (χ2v) is 11.2. The highest BCUT2D eigenvalue weighted by Crippen LogP contribution is 2.60. The second-order valence-electron chi connectivity index (χ2n) is 11.2. The van der Waals surface area contributed by atoms with Crippen LogP contribution in [0, 0.1) is 5.92 Å². The maximum Gasteiger partial charge on any atom is 0.322 e. The van der Waals surface area contributed by atoms with Crippen molar-refractivity contribution in [3.05, 3.63) is 29.3 Å². The standard InChI is InChI=1S/C26H35N3O4/c1-33-19-8-7-18-13-21-26(32)10-9-25(22(30)27-23(31)28-25)16-24(26,20(18)14-19)11-12-29(21)15-17-5-3-2-4-6-17/h7-8,14,17,21,32H,2-6,9-13,15-16H2,1H3,(H2,27,28,30,31)/t21-,24-,25+,26-/m1/s1. The molecule has 3 N–H and O–H groups in total. The summed E-state index contributed by atoms with van der Waals surface area (Å²) in [4.78, 5) is 27.6. The van der Waals surface area contributed by atoms with Crippen LogP contribution in [0.5, 0.6) is 5.75 Å². The molecule has 0 unspecified atom stereocenters. The molecule has 5 aliphatic rings. The SMILES string of the molecule is COc1ccc2c(c1)[C@]13CCN(CC4CCCCC4)[C@H](C2)[C@]1(O)CC[C@@]1(C3)NC(=O)NC1=O. The predicted octanol–water partition coefficient (Wildman–Crippen LogP) is 2.64. The van der Waals surface area contributed by atoms with Crippen LogP contribution in [-0.2, 0) is 16.6 Å². The van der Waals surface area contributed by atoms with Gasteiger partial charge in [0.2, 0.25) is 0 Å². The highest BCUT2D eigenvalue weighted by molar-refractivity contribution is 6.07. The fraction of sp³-hybridized carbons (Fsp3) is 0.692. The number of carbonyl (C=O) groups excluding carboxylic acids is 2. The Hall–Kier alpha value is -2.12. The summed E-state index contributed by atoms with van der Waals surface area (Å²) in [5, 5.41) is 17.9. The molecular formula is C26H35N3O4. The van der Waals surface area contributed by atoms with Crippen molar-refractivity contribution < 1.29 is 19.4 Å². The third kappa shape index (κ3) is 3.01. The lowest BCUT2D eigenvalue weighted by Gasteiger charge is -2.66. The first-order chi connectivity index (χ1) is 15.9. The molecule has 3 aliphatic carbocycles. The van der Waals surface area contributed by atoms with Crippen LogP contribution in [0.25, 0.3) is 0 Å². The van der Waals surface area contributed by atoms with Gasteiger partial charge in [0.25, 0.3) is 5.91 Å². The minimum absolute atomic E-state index is 0.0339. The lowest BCUT2D eigenvalue weighted by molar-refractivity contribution is -0.182. The van der Waals surface area contributed by atoms with E-state index >= 15 is 0 Å². The van der Waals surface area contributed by atoms with Crippen molar-refractivity contribution in [1.82, 2.24) is 15.5 Å². The van der Waals surface area contributed by atoms with Gasteiger partial charge in [-0.15, -0.1) is 0 Å². The van der Waals surface area contributed by atoms with Crippen LogP contribution in [0.2, 0.25) is 0 Å². The van der Waals surface area contributed by atoms with E-state index in [2.05, 4.69) is 27.7 Å². The maximum absolute atomic E-state index is 12.9. The molecule has 2 bridgehead atoms. The monoisotopic (exact) mass is 453 g/mol. The summed E-state index contributed by atoms with van der Waals surface area (Å²) in [7, 11) is 1.66. The number of hydrogen-bond donors (Lipinski definition) is 3. The quantitative estimate of drug-likeness (QED) is 0.612. The van der Waals surface area contributed by atoms with Crippen LogP contribution in [0.15, 0.2) is 18.2 Å². The Kier molecular flexibility index (Phi) is 4.83. The third-order valence-electron chi connectivity index (χ3n) is 9.66. The van der Waals surface area contributed by atoms with Crippen molar-refractivity contribution in [1.29, 1.82) is 0 Å². The molecule has 6 rings (SSSR count). The number of piperidine rings is 1. The lowest BCUT2D eigenvalue weighted by atomic mass is 9.46. The number of nitrogens with one attached hydrogen (secondary N) is 2. The van der Waals surface area contributed by atoms with Crippen LogP contribution in [0.1, 0.15) is 68.9 Å². The van der Waals surface area contributed by atoms with Gasteiger partial charge in [-0.3, -0.25) is 15.0 Å². The molecule has 7 nitrogen and oxygen atoms in total. The fourth-order valence-electron chi connectivity index (χ4n) is 8.01. The number of ether oxygens (including phenoxy) is 1. The lowest BCUT2D eigenvalue weighted by Crippen LogP contribution is -2.76. The average Bonchev–Trinajstić information content (AvgIpc) is 3.09. The summed E-state index contributed by atoms with van der Waals surface area (Å²) in [6.07, 6.45) is 9.55. The highest BCUT2D eigenvalue weighted by Gasteiger charge is 2.69. The molecule has 2 heterocycles.